The average molecular weight is 453 g/mol. The Morgan fingerprint density at radius 2 is 1.70 bits per heavy atom. The molecule has 1 nitrogen and oxygen atoms in total. The lowest BCUT2D eigenvalue weighted by Crippen LogP contribution is -2.52. The van der Waals surface area contributed by atoms with E-state index in [0.717, 1.165) is 36.0 Å². The van der Waals surface area contributed by atoms with Gasteiger partial charge in [0.05, 0.1) is 0 Å². The van der Waals surface area contributed by atoms with Crippen LogP contribution in [0.2, 0.25) is 0 Å². The number of unbranched alkanes of at least 4 members (excludes halogenated alkanes) is 1. The fourth-order valence-corrected chi connectivity index (χ4v) is 10.3. The Hall–Kier alpha value is -0.590. The predicted octanol–water partition coefficient (Wildman–Crippen LogP) is 9.16. The van der Waals surface area contributed by atoms with E-state index in [9.17, 15) is 4.79 Å². The number of Topliss-reactive ketones (excluding diaryl/α,β-unsaturated/α-hetero) is 1. The first-order valence-electron chi connectivity index (χ1n) is 14.8. The van der Waals surface area contributed by atoms with E-state index in [1.54, 1.807) is 6.92 Å². The minimum absolute atomic E-state index is 0.259. The van der Waals surface area contributed by atoms with Crippen LogP contribution in [-0.2, 0) is 4.79 Å². The fourth-order valence-electron chi connectivity index (χ4n) is 10.3. The summed E-state index contributed by atoms with van der Waals surface area (Å²) in [6, 6.07) is 0. The van der Waals surface area contributed by atoms with Crippen LogP contribution in [0.1, 0.15) is 131 Å². The van der Waals surface area contributed by atoms with Gasteiger partial charge in [-0.25, -0.2) is 0 Å². The van der Waals surface area contributed by atoms with Crippen LogP contribution in [0.15, 0.2) is 11.1 Å². The van der Waals surface area contributed by atoms with Gasteiger partial charge >= 0.3 is 0 Å². The predicted molar refractivity (Wildman–Crippen MR) is 139 cm³/mol. The molecule has 0 aromatic carbocycles. The zero-order valence-electron chi connectivity index (χ0n) is 22.8. The summed E-state index contributed by atoms with van der Waals surface area (Å²) in [6.07, 6.45) is 19.7. The van der Waals surface area contributed by atoms with Gasteiger partial charge in [-0.15, -0.1) is 0 Å². The molecule has 5 rings (SSSR count). The molecule has 0 bridgehead atoms. The van der Waals surface area contributed by atoms with Crippen molar-refractivity contribution in [2.24, 2.45) is 51.8 Å². The smallest absolute Gasteiger partial charge is 0.132 e. The Morgan fingerprint density at radius 3 is 2.39 bits per heavy atom. The molecule has 0 spiro atoms. The minimum atomic E-state index is 0.259. The molecular formula is C32H52O. The van der Waals surface area contributed by atoms with Crippen molar-refractivity contribution in [2.45, 2.75) is 131 Å². The number of hydrogen-bond donors (Lipinski definition) is 0. The van der Waals surface area contributed by atoms with Crippen molar-refractivity contribution in [1.82, 2.24) is 0 Å². The zero-order chi connectivity index (χ0) is 23.6. The summed E-state index contributed by atoms with van der Waals surface area (Å²) in [7, 11) is 0. The largest absolute Gasteiger partial charge is 0.300 e. The van der Waals surface area contributed by atoms with Crippen LogP contribution in [0.4, 0.5) is 0 Å². The van der Waals surface area contributed by atoms with Crippen molar-refractivity contribution in [3.05, 3.63) is 11.1 Å². The van der Waals surface area contributed by atoms with Crippen LogP contribution < -0.4 is 0 Å². The van der Waals surface area contributed by atoms with Gasteiger partial charge in [-0.05, 0) is 130 Å². The normalized spacial score (nSPS) is 43.0. The molecule has 5 aliphatic carbocycles. The average Bonchev–Trinajstić information content (AvgIpc) is 3.52. The molecule has 0 amide bonds. The third-order valence-corrected chi connectivity index (χ3v) is 12.6. The highest BCUT2D eigenvalue weighted by Crippen LogP contribution is 2.69. The Balaban J connectivity index is 1.30. The molecule has 7 unspecified atom stereocenters. The second-order valence-electron chi connectivity index (χ2n) is 14.4. The van der Waals surface area contributed by atoms with Gasteiger partial charge in [0.1, 0.15) is 5.78 Å². The summed E-state index contributed by atoms with van der Waals surface area (Å²) in [4.78, 5) is 11.6. The first-order chi connectivity index (χ1) is 15.6. The van der Waals surface area contributed by atoms with Crippen LogP contribution in [0, 0.1) is 51.8 Å². The number of rotatable bonds is 7. The van der Waals surface area contributed by atoms with E-state index in [-0.39, 0.29) is 5.92 Å². The Labute approximate surface area is 204 Å². The third kappa shape index (κ3) is 3.91. The second-order valence-corrected chi connectivity index (χ2v) is 14.4. The standard InChI is InChI=1S/C32H52O/c1-21(22(2)33)9-7-8-10-24-13-15-27-25-14-16-29-30(3,4)26(23-11-12-23)17-20-32(29,6)28(25)18-19-31(24,27)5/h21,23-24,26-27,29H,7-20H2,1-6H3. The van der Waals surface area contributed by atoms with Gasteiger partial charge < -0.3 is 0 Å². The van der Waals surface area contributed by atoms with Crippen molar-refractivity contribution in [2.75, 3.05) is 0 Å². The summed E-state index contributed by atoms with van der Waals surface area (Å²) < 4.78 is 0. The zero-order valence-corrected chi connectivity index (χ0v) is 22.8. The van der Waals surface area contributed by atoms with Gasteiger partial charge in [-0.3, -0.25) is 4.79 Å². The molecule has 1 heteroatoms. The maximum atomic E-state index is 11.6. The first-order valence-corrected chi connectivity index (χ1v) is 14.8. The number of carbonyl (C=O) groups excluding carboxylic acids is 1. The molecule has 0 radical (unpaired) electrons. The highest BCUT2D eigenvalue weighted by molar-refractivity contribution is 5.77. The van der Waals surface area contributed by atoms with Gasteiger partial charge in [0.25, 0.3) is 0 Å². The molecule has 0 heterocycles. The van der Waals surface area contributed by atoms with Gasteiger partial charge in [0, 0.05) is 5.92 Å². The first kappa shape index (κ1) is 24.1. The Bertz CT molecular complexity index is 799. The monoisotopic (exact) mass is 452 g/mol. The summed E-state index contributed by atoms with van der Waals surface area (Å²) in [6.45, 7) is 14.6. The van der Waals surface area contributed by atoms with Crippen molar-refractivity contribution in [3.8, 4) is 0 Å². The third-order valence-electron chi connectivity index (χ3n) is 12.6. The van der Waals surface area contributed by atoms with Crippen molar-refractivity contribution in [1.29, 1.82) is 0 Å². The molecule has 7 atom stereocenters. The highest BCUT2D eigenvalue weighted by atomic mass is 16.1. The van der Waals surface area contributed by atoms with Gasteiger partial charge in [0.2, 0.25) is 0 Å². The maximum absolute atomic E-state index is 11.6. The van der Waals surface area contributed by atoms with Gasteiger partial charge in [-0.1, -0.05) is 58.6 Å². The molecule has 186 valence electrons. The molecular weight excluding hydrogens is 400 g/mol. The van der Waals surface area contributed by atoms with Crippen LogP contribution >= 0.6 is 0 Å². The SMILES string of the molecule is CC(=O)C(C)CCCCC1CCC2C3=C(CCC12C)C1(C)CCC(C2CC2)C(C)(C)C1CC3. The van der Waals surface area contributed by atoms with Crippen LogP contribution in [0.3, 0.4) is 0 Å². The molecule has 0 aromatic rings. The Morgan fingerprint density at radius 1 is 0.939 bits per heavy atom. The van der Waals surface area contributed by atoms with E-state index < -0.39 is 0 Å². The van der Waals surface area contributed by atoms with Crippen molar-refractivity contribution in [3.63, 3.8) is 0 Å². The molecule has 5 aliphatic rings. The minimum Gasteiger partial charge on any atom is -0.300 e. The van der Waals surface area contributed by atoms with E-state index >= 15 is 0 Å². The Kier molecular flexibility index (Phi) is 6.22. The second kappa shape index (κ2) is 8.51. The fraction of sp³-hybridized carbons (Fsp3) is 0.906. The number of carbonyl (C=O) groups is 1. The summed E-state index contributed by atoms with van der Waals surface area (Å²) in [5, 5.41) is 0. The lowest BCUT2D eigenvalue weighted by Gasteiger charge is -2.61. The van der Waals surface area contributed by atoms with Crippen molar-refractivity contribution < 1.29 is 4.79 Å². The topological polar surface area (TPSA) is 17.1 Å². The molecule has 33 heavy (non-hydrogen) atoms. The summed E-state index contributed by atoms with van der Waals surface area (Å²) >= 11 is 0. The number of allylic oxidation sites excluding steroid dienone is 2. The summed E-state index contributed by atoms with van der Waals surface area (Å²) in [5.74, 6) is 5.38. The van der Waals surface area contributed by atoms with Crippen LogP contribution in [-0.4, -0.2) is 5.78 Å². The molecule has 0 saturated heterocycles. The van der Waals surface area contributed by atoms with E-state index in [4.69, 9.17) is 0 Å². The van der Waals surface area contributed by atoms with E-state index in [2.05, 4.69) is 34.6 Å². The van der Waals surface area contributed by atoms with E-state index in [1.165, 1.54) is 83.5 Å². The molecule has 0 aliphatic heterocycles. The lowest BCUT2D eigenvalue weighted by atomic mass is 9.44. The van der Waals surface area contributed by atoms with E-state index in [0.29, 0.717) is 22.0 Å². The molecule has 0 aromatic heterocycles. The lowest BCUT2D eigenvalue weighted by molar-refractivity contribution is -0.120. The highest BCUT2D eigenvalue weighted by Gasteiger charge is 2.60. The molecule has 3 saturated carbocycles. The number of ketones is 1. The summed E-state index contributed by atoms with van der Waals surface area (Å²) in [5.41, 5.74) is 5.51. The molecule has 3 fully saturated rings. The number of hydrogen-bond acceptors (Lipinski definition) is 1. The maximum Gasteiger partial charge on any atom is 0.132 e. The van der Waals surface area contributed by atoms with Gasteiger partial charge in [0.15, 0.2) is 0 Å². The molecule has 0 N–H and O–H groups in total. The quantitative estimate of drug-likeness (QED) is 0.278. The number of fused-ring (bicyclic) bond motifs is 4. The van der Waals surface area contributed by atoms with Crippen LogP contribution in [0.25, 0.3) is 0 Å². The van der Waals surface area contributed by atoms with Crippen LogP contribution in [0.5, 0.6) is 0 Å². The van der Waals surface area contributed by atoms with Crippen molar-refractivity contribution >= 4 is 5.78 Å². The van der Waals surface area contributed by atoms with E-state index in [1.807, 2.05) is 11.1 Å². The van der Waals surface area contributed by atoms with Gasteiger partial charge in [-0.2, -0.15) is 0 Å².